The Kier molecular flexibility index (Phi) is 4.88. The third-order valence-electron chi connectivity index (χ3n) is 5.31. The van der Waals surface area contributed by atoms with Crippen LogP contribution in [0.15, 0.2) is 36.5 Å². The molecule has 0 saturated heterocycles. The minimum absolute atomic E-state index is 0.0178. The van der Waals surface area contributed by atoms with Gasteiger partial charge in [0.1, 0.15) is 10.9 Å². The molecule has 3 rings (SSSR count). The maximum Gasteiger partial charge on any atom is 0.258 e. The van der Waals surface area contributed by atoms with E-state index in [1.54, 1.807) is 12.3 Å². The number of hydrogen-bond donors (Lipinski definition) is 0. The fourth-order valence-electron chi connectivity index (χ4n) is 2.75. The number of aromatic nitrogens is 1. The predicted molar refractivity (Wildman–Crippen MR) is 107 cm³/mol. The highest BCUT2D eigenvalue weighted by atomic mass is 35.5. The Morgan fingerprint density at radius 2 is 1.96 bits per heavy atom. The van der Waals surface area contributed by atoms with Gasteiger partial charge in [-0.2, -0.15) is 0 Å². The molecule has 0 spiro atoms. The predicted octanol–water partition coefficient (Wildman–Crippen LogP) is 5.28. The van der Waals surface area contributed by atoms with E-state index in [9.17, 15) is 4.79 Å². The van der Waals surface area contributed by atoms with Crippen molar-refractivity contribution >= 4 is 25.8 Å². The number of nitrogens with zero attached hydrogens (tertiary/aromatic N) is 2. The van der Waals surface area contributed by atoms with Crippen molar-refractivity contribution in [2.24, 2.45) is 0 Å². The Labute approximate surface area is 161 Å². The number of halogens is 1. The van der Waals surface area contributed by atoms with Gasteiger partial charge in [0.2, 0.25) is 0 Å². The fraction of sp³-hybridized carbons (Fsp3) is 0.400. The number of hydrogen-bond acceptors (Lipinski definition) is 3. The average Bonchev–Trinajstić information content (AvgIpc) is 2.85. The molecule has 0 fully saturated rings. The first-order valence-corrected chi connectivity index (χ1v) is 12.1. The van der Waals surface area contributed by atoms with Gasteiger partial charge in [-0.25, -0.2) is 4.98 Å². The Balaban J connectivity index is 1.85. The van der Waals surface area contributed by atoms with Crippen molar-refractivity contribution in [1.29, 1.82) is 0 Å². The second-order valence-electron chi connectivity index (χ2n) is 8.30. The summed E-state index contributed by atoms with van der Waals surface area (Å²) in [7, 11) is -2.02. The molecule has 1 aliphatic heterocycles. The monoisotopic (exact) mass is 388 g/mol. The van der Waals surface area contributed by atoms with Gasteiger partial charge in [-0.1, -0.05) is 50.6 Å². The summed E-state index contributed by atoms with van der Waals surface area (Å²) in [5, 5.41) is 0.529. The molecule has 138 valence electrons. The van der Waals surface area contributed by atoms with E-state index in [1.807, 2.05) is 29.2 Å². The van der Waals surface area contributed by atoms with Crippen molar-refractivity contribution in [3.63, 3.8) is 0 Å². The van der Waals surface area contributed by atoms with Crippen LogP contribution in [0.2, 0.25) is 23.3 Å². The molecule has 0 N–H and O–H groups in total. The van der Waals surface area contributed by atoms with Gasteiger partial charge in [-0.3, -0.25) is 4.79 Å². The SMILES string of the molecule is CC(C)(C)[Si](C)(C)Oc1cccc2c1C(=O)N(Cc1ccc(Cl)nc1)C2. The van der Waals surface area contributed by atoms with Crippen LogP contribution in [0.1, 0.15) is 42.3 Å². The summed E-state index contributed by atoms with van der Waals surface area (Å²) in [5.41, 5.74) is 2.69. The van der Waals surface area contributed by atoms with Gasteiger partial charge in [0.05, 0.1) is 5.56 Å². The minimum Gasteiger partial charge on any atom is -0.543 e. The molecule has 6 heteroatoms. The number of benzene rings is 1. The van der Waals surface area contributed by atoms with Gasteiger partial charge in [-0.05, 0) is 41.4 Å². The van der Waals surface area contributed by atoms with Crippen LogP contribution in [0, 0.1) is 0 Å². The normalized spacial score (nSPS) is 14.5. The first kappa shape index (κ1) is 18.9. The summed E-state index contributed by atoms with van der Waals surface area (Å²) in [4.78, 5) is 19.0. The molecular weight excluding hydrogens is 364 g/mol. The molecular formula is C20H25ClN2O2Si. The van der Waals surface area contributed by atoms with Crippen LogP contribution in [-0.4, -0.2) is 24.1 Å². The van der Waals surface area contributed by atoms with E-state index in [0.29, 0.717) is 23.8 Å². The van der Waals surface area contributed by atoms with Crippen molar-refractivity contribution in [3.05, 3.63) is 58.4 Å². The van der Waals surface area contributed by atoms with E-state index in [2.05, 4.69) is 38.8 Å². The maximum atomic E-state index is 13.0. The van der Waals surface area contributed by atoms with Gasteiger partial charge >= 0.3 is 0 Å². The van der Waals surface area contributed by atoms with Crippen molar-refractivity contribution in [2.45, 2.75) is 52.0 Å². The molecule has 1 aliphatic rings. The molecule has 1 amide bonds. The van der Waals surface area contributed by atoms with Crippen LogP contribution >= 0.6 is 11.6 Å². The van der Waals surface area contributed by atoms with E-state index in [4.69, 9.17) is 16.0 Å². The second-order valence-corrected chi connectivity index (χ2v) is 13.4. The van der Waals surface area contributed by atoms with Gasteiger partial charge < -0.3 is 9.33 Å². The maximum absolute atomic E-state index is 13.0. The molecule has 1 aromatic carbocycles. The van der Waals surface area contributed by atoms with Crippen LogP contribution in [0.25, 0.3) is 0 Å². The molecule has 4 nitrogen and oxygen atoms in total. The first-order valence-electron chi connectivity index (χ1n) is 8.79. The van der Waals surface area contributed by atoms with Crippen molar-refractivity contribution in [2.75, 3.05) is 0 Å². The number of pyridine rings is 1. The Bertz CT molecular complexity index is 829. The highest BCUT2D eigenvalue weighted by molar-refractivity contribution is 6.74. The molecule has 2 heterocycles. The van der Waals surface area contributed by atoms with Crippen LogP contribution in [0.4, 0.5) is 0 Å². The lowest BCUT2D eigenvalue weighted by Gasteiger charge is -2.36. The summed E-state index contributed by atoms with van der Waals surface area (Å²) in [6.45, 7) is 12.1. The Hall–Kier alpha value is -1.85. The third-order valence-corrected chi connectivity index (χ3v) is 9.87. The number of rotatable bonds is 4. The van der Waals surface area contributed by atoms with Gasteiger partial charge in [0.15, 0.2) is 0 Å². The molecule has 1 aromatic heterocycles. The summed E-state index contributed by atoms with van der Waals surface area (Å²) >= 11 is 5.84. The number of amides is 1. The van der Waals surface area contributed by atoms with Crippen LogP contribution in [0.5, 0.6) is 5.75 Å². The quantitative estimate of drug-likeness (QED) is 0.528. The number of carbonyl (C=O) groups excluding carboxylic acids is 1. The van der Waals surface area contributed by atoms with Gasteiger partial charge in [-0.15, -0.1) is 0 Å². The zero-order valence-corrected chi connectivity index (χ0v) is 17.7. The fourth-order valence-corrected chi connectivity index (χ4v) is 3.89. The zero-order chi connectivity index (χ0) is 19.1. The second kappa shape index (κ2) is 6.71. The third kappa shape index (κ3) is 3.64. The summed E-state index contributed by atoms with van der Waals surface area (Å²) in [6, 6.07) is 9.55. The van der Waals surface area contributed by atoms with Crippen LogP contribution in [0.3, 0.4) is 0 Å². The number of fused-ring (bicyclic) bond motifs is 1. The van der Waals surface area contributed by atoms with Gasteiger partial charge in [0.25, 0.3) is 14.2 Å². The minimum atomic E-state index is -2.02. The van der Waals surface area contributed by atoms with Crippen molar-refractivity contribution in [1.82, 2.24) is 9.88 Å². The van der Waals surface area contributed by atoms with E-state index in [0.717, 1.165) is 16.9 Å². The van der Waals surface area contributed by atoms with E-state index in [-0.39, 0.29) is 10.9 Å². The summed E-state index contributed by atoms with van der Waals surface area (Å²) < 4.78 is 6.46. The van der Waals surface area contributed by atoms with Crippen LogP contribution < -0.4 is 4.43 Å². The van der Waals surface area contributed by atoms with E-state index < -0.39 is 8.32 Å². The molecule has 2 aromatic rings. The summed E-state index contributed by atoms with van der Waals surface area (Å²) in [5.74, 6) is 0.736. The average molecular weight is 389 g/mol. The molecule has 0 unspecified atom stereocenters. The Morgan fingerprint density at radius 3 is 2.58 bits per heavy atom. The van der Waals surface area contributed by atoms with E-state index in [1.165, 1.54) is 0 Å². The van der Waals surface area contributed by atoms with Crippen molar-refractivity contribution in [3.8, 4) is 5.75 Å². The zero-order valence-electron chi connectivity index (χ0n) is 16.0. The van der Waals surface area contributed by atoms with E-state index >= 15 is 0 Å². The molecule has 0 atom stereocenters. The number of carbonyl (C=O) groups is 1. The lowest BCUT2D eigenvalue weighted by molar-refractivity contribution is 0.0765. The largest absolute Gasteiger partial charge is 0.543 e. The summed E-state index contributed by atoms with van der Waals surface area (Å²) in [6.07, 6.45) is 1.71. The first-order chi connectivity index (χ1) is 12.1. The lowest BCUT2D eigenvalue weighted by atomic mass is 10.1. The standard InChI is InChI=1S/C20H25ClN2O2Si/c1-20(2,3)26(4,5)25-16-8-6-7-15-13-23(19(24)18(15)16)12-14-9-10-17(21)22-11-14/h6-11H,12-13H2,1-5H3. The Morgan fingerprint density at radius 1 is 1.23 bits per heavy atom. The molecule has 0 saturated carbocycles. The molecule has 0 bridgehead atoms. The lowest BCUT2D eigenvalue weighted by Crippen LogP contribution is -2.44. The molecule has 0 aliphatic carbocycles. The highest BCUT2D eigenvalue weighted by Crippen LogP contribution is 2.40. The highest BCUT2D eigenvalue weighted by Gasteiger charge is 2.41. The van der Waals surface area contributed by atoms with Gasteiger partial charge in [0, 0.05) is 19.3 Å². The molecule has 26 heavy (non-hydrogen) atoms. The topological polar surface area (TPSA) is 42.4 Å². The molecule has 0 radical (unpaired) electrons. The van der Waals surface area contributed by atoms with Crippen molar-refractivity contribution < 1.29 is 9.22 Å². The van der Waals surface area contributed by atoms with Crippen LogP contribution in [-0.2, 0) is 13.1 Å². The smallest absolute Gasteiger partial charge is 0.258 e.